The van der Waals surface area contributed by atoms with Crippen molar-refractivity contribution in [3.63, 3.8) is 0 Å². The third-order valence-corrected chi connectivity index (χ3v) is 2.95. The molecule has 0 amide bonds. The number of alkyl halides is 2. The second kappa shape index (κ2) is 6.47. The largest absolute Gasteiger partial charge is 0.435 e. The van der Waals surface area contributed by atoms with Crippen LogP contribution in [0.3, 0.4) is 0 Å². The fraction of sp³-hybridized carbons (Fsp3) is 0.357. The number of aromatic nitrogens is 2. The van der Waals surface area contributed by atoms with Gasteiger partial charge < -0.3 is 9.84 Å². The Kier molecular flexibility index (Phi) is 4.68. The number of aliphatic hydroxyl groups is 1. The van der Waals surface area contributed by atoms with Crippen LogP contribution in [-0.4, -0.2) is 21.5 Å². The molecular weight excluding hydrogens is 266 g/mol. The van der Waals surface area contributed by atoms with E-state index in [4.69, 9.17) is 0 Å². The molecule has 0 bridgehead atoms. The molecule has 1 N–H and O–H groups in total. The molecule has 0 fully saturated rings. The molecular formula is C14H16F2N2O2. The molecule has 0 aliphatic heterocycles. The number of aliphatic hydroxyl groups excluding tert-OH is 1. The van der Waals surface area contributed by atoms with Gasteiger partial charge in [0.25, 0.3) is 0 Å². The highest BCUT2D eigenvalue weighted by molar-refractivity contribution is 5.28. The monoisotopic (exact) mass is 282 g/mol. The normalized spacial score (nSPS) is 12.7. The van der Waals surface area contributed by atoms with Gasteiger partial charge >= 0.3 is 6.61 Å². The maximum absolute atomic E-state index is 12.0. The van der Waals surface area contributed by atoms with Crippen LogP contribution >= 0.6 is 0 Å². The quantitative estimate of drug-likeness (QED) is 0.886. The van der Waals surface area contributed by atoms with E-state index in [9.17, 15) is 13.9 Å². The Balaban J connectivity index is 1.90. The molecule has 0 saturated heterocycles. The third-order valence-electron chi connectivity index (χ3n) is 2.95. The van der Waals surface area contributed by atoms with Crippen molar-refractivity contribution in [3.8, 4) is 5.75 Å². The molecule has 1 aromatic carbocycles. The molecule has 0 radical (unpaired) electrons. The van der Waals surface area contributed by atoms with Crippen LogP contribution < -0.4 is 4.74 Å². The first-order chi connectivity index (χ1) is 9.54. The number of hydrogen-bond acceptors (Lipinski definition) is 3. The molecule has 0 aliphatic rings. The zero-order valence-corrected chi connectivity index (χ0v) is 11.0. The van der Waals surface area contributed by atoms with Crippen molar-refractivity contribution in [2.24, 2.45) is 7.05 Å². The van der Waals surface area contributed by atoms with Crippen LogP contribution in [0.1, 0.15) is 23.7 Å². The zero-order chi connectivity index (χ0) is 14.5. The van der Waals surface area contributed by atoms with Crippen molar-refractivity contribution in [3.05, 3.63) is 47.8 Å². The Labute approximate surface area is 115 Å². The summed E-state index contributed by atoms with van der Waals surface area (Å²) in [4.78, 5) is 0. The fourth-order valence-corrected chi connectivity index (χ4v) is 1.94. The van der Waals surface area contributed by atoms with Gasteiger partial charge in [0.1, 0.15) is 5.75 Å². The van der Waals surface area contributed by atoms with Gasteiger partial charge in [-0.15, -0.1) is 0 Å². The van der Waals surface area contributed by atoms with Crippen molar-refractivity contribution in [2.45, 2.75) is 25.6 Å². The van der Waals surface area contributed by atoms with E-state index >= 15 is 0 Å². The van der Waals surface area contributed by atoms with Crippen LogP contribution in [0.25, 0.3) is 0 Å². The minimum Gasteiger partial charge on any atom is -0.435 e. The van der Waals surface area contributed by atoms with Gasteiger partial charge in [-0.05, 0) is 36.1 Å². The Morgan fingerprint density at radius 3 is 2.55 bits per heavy atom. The summed E-state index contributed by atoms with van der Waals surface area (Å²) < 4.78 is 30.0. The van der Waals surface area contributed by atoms with E-state index in [0.717, 1.165) is 5.56 Å². The number of nitrogens with zero attached hydrogens (tertiary/aromatic N) is 2. The summed E-state index contributed by atoms with van der Waals surface area (Å²) in [6.45, 7) is -2.84. The highest BCUT2D eigenvalue weighted by Crippen LogP contribution is 2.22. The second-order valence-electron chi connectivity index (χ2n) is 4.52. The highest BCUT2D eigenvalue weighted by Gasteiger charge is 2.10. The third kappa shape index (κ3) is 4.03. The molecule has 108 valence electrons. The fourth-order valence-electron chi connectivity index (χ4n) is 1.94. The number of benzene rings is 1. The molecule has 0 saturated carbocycles. The maximum atomic E-state index is 12.0. The average molecular weight is 282 g/mol. The Bertz CT molecular complexity index is 540. The van der Waals surface area contributed by atoms with E-state index < -0.39 is 12.7 Å². The van der Waals surface area contributed by atoms with Gasteiger partial charge in [-0.2, -0.15) is 13.9 Å². The molecule has 4 nitrogen and oxygen atoms in total. The molecule has 2 rings (SSSR count). The smallest absolute Gasteiger partial charge is 0.387 e. The molecule has 1 aromatic heterocycles. The van der Waals surface area contributed by atoms with Gasteiger partial charge in [0, 0.05) is 13.2 Å². The summed E-state index contributed by atoms with van der Waals surface area (Å²) in [6, 6.07) is 6.03. The number of aryl methyl sites for hydroxylation is 2. The van der Waals surface area contributed by atoms with E-state index in [1.54, 1.807) is 23.0 Å². The molecule has 6 heteroatoms. The predicted molar refractivity (Wildman–Crippen MR) is 69.6 cm³/mol. The van der Waals surface area contributed by atoms with E-state index in [0.29, 0.717) is 18.4 Å². The molecule has 1 atom stereocenters. The van der Waals surface area contributed by atoms with Crippen molar-refractivity contribution in [1.82, 2.24) is 9.78 Å². The minimum atomic E-state index is -2.84. The number of hydrogen-bond donors (Lipinski definition) is 1. The lowest BCUT2D eigenvalue weighted by molar-refractivity contribution is -0.0498. The zero-order valence-electron chi connectivity index (χ0n) is 11.0. The van der Waals surface area contributed by atoms with Crippen LogP contribution in [0.2, 0.25) is 0 Å². The van der Waals surface area contributed by atoms with Crippen molar-refractivity contribution in [1.29, 1.82) is 0 Å². The Morgan fingerprint density at radius 1 is 1.30 bits per heavy atom. The lowest BCUT2D eigenvalue weighted by Crippen LogP contribution is -2.03. The predicted octanol–water partition coefficient (Wildman–Crippen LogP) is 2.69. The number of rotatable bonds is 6. The van der Waals surface area contributed by atoms with Crippen LogP contribution in [0.5, 0.6) is 5.75 Å². The molecule has 1 unspecified atom stereocenters. The number of halogens is 2. The van der Waals surface area contributed by atoms with Gasteiger partial charge in [0.15, 0.2) is 0 Å². The summed E-state index contributed by atoms with van der Waals surface area (Å²) in [5.41, 5.74) is 1.72. The van der Waals surface area contributed by atoms with Gasteiger partial charge in [-0.25, -0.2) is 0 Å². The van der Waals surface area contributed by atoms with E-state index in [1.165, 1.54) is 12.1 Å². The van der Waals surface area contributed by atoms with Gasteiger partial charge in [0.2, 0.25) is 0 Å². The lowest BCUT2D eigenvalue weighted by atomic mass is 10.0. The molecule has 1 heterocycles. The standard InChI is InChI=1S/C14H16F2N2O2/c1-18-9-10(8-17-18)2-7-13(19)11-3-5-12(6-4-11)20-14(15)16/h3-6,8-9,13-14,19H,2,7H2,1H3. The summed E-state index contributed by atoms with van der Waals surface area (Å²) >= 11 is 0. The van der Waals surface area contributed by atoms with Crippen LogP contribution in [-0.2, 0) is 13.5 Å². The van der Waals surface area contributed by atoms with E-state index in [2.05, 4.69) is 9.84 Å². The SMILES string of the molecule is Cn1cc(CCC(O)c2ccc(OC(F)F)cc2)cn1. The molecule has 0 spiro atoms. The first-order valence-corrected chi connectivity index (χ1v) is 6.25. The van der Waals surface area contributed by atoms with Crippen LogP contribution in [0, 0.1) is 0 Å². The van der Waals surface area contributed by atoms with Crippen LogP contribution in [0.15, 0.2) is 36.7 Å². The summed E-state index contributed by atoms with van der Waals surface area (Å²) in [7, 11) is 1.83. The Hall–Kier alpha value is -1.95. The molecule has 0 aliphatic carbocycles. The van der Waals surface area contributed by atoms with Crippen molar-refractivity contribution in [2.75, 3.05) is 0 Å². The Morgan fingerprint density at radius 2 is 2.00 bits per heavy atom. The first-order valence-electron chi connectivity index (χ1n) is 6.25. The van der Waals surface area contributed by atoms with Crippen molar-refractivity contribution < 1.29 is 18.6 Å². The van der Waals surface area contributed by atoms with E-state index in [1.807, 2.05) is 13.2 Å². The van der Waals surface area contributed by atoms with E-state index in [-0.39, 0.29) is 5.75 Å². The number of ether oxygens (including phenoxy) is 1. The first kappa shape index (κ1) is 14.5. The van der Waals surface area contributed by atoms with Gasteiger partial charge in [0.05, 0.1) is 12.3 Å². The lowest BCUT2D eigenvalue weighted by Gasteiger charge is -2.11. The summed E-state index contributed by atoms with van der Waals surface area (Å²) in [5.74, 6) is 0.0863. The topological polar surface area (TPSA) is 47.3 Å². The minimum absolute atomic E-state index is 0.0863. The van der Waals surface area contributed by atoms with Crippen LogP contribution in [0.4, 0.5) is 8.78 Å². The summed E-state index contributed by atoms with van der Waals surface area (Å²) in [6.07, 6.45) is 4.25. The van der Waals surface area contributed by atoms with Gasteiger partial charge in [-0.1, -0.05) is 12.1 Å². The van der Waals surface area contributed by atoms with Crippen molar-refractivity contribution >= 4 is 0 Å². The molecule has 2 aromatic rings. The molecule has 20 heavy (non-hydrogen) atoms. The summed E-state index contributed by atoms with van der Waals surface area (Å²) in [5, 5.41) is 14.1. The highest BCUT2D eigenvalue weighted by atomic mass is 19.3. The average Bonchev–Trinajstić information content (AvgIpc) is 2.82. The maximum Gasteiger partial charge on any atom is 0.387 e. The second-order valence-corrected chi connectivity index (χ2v) is 4.52. The van der Waals surface area contributed by atoms with Gasteiger partial charge in [-0.3, -0.25) is 4.68 Å².